The molecule has 0 unspecified atom stereocenters. The number of pyridine rings is 1. The SMILES string of the molecule is CCCCn1c2c(cc(CNCCOC)c1=O)CCCC2. The van der Waals surface area contributed by atoms with Gasteiger partial charge in [-0.15, -0.1) is 0 Å². The maximum absolute atomic E-state index is 12.7. The number of rotatable bonds is 8. The number of hydrogen-bond acceptors (Lipinski definition) is 3. The second kappa shape index (κ2) is 8.35. The first-order valence-corrected chi connectivity index (χ1v) is 8.22. The minimum atomic E-state index is 0.203. The molecule has 1 aliphatic carbocycles. The van der Waals surface area contributed by atoms with E-state index in [-0.39, 0.29) is 5.56 Å². The molecule has 1 aromatic rings. The molecule has 21 heavy (non-hydrogen) atoms. The minimum Gasteiger partial charge on any atom is -0.383 e. The Hall–Kier alpha value is -1.13. The van der Waals surface area contributed by atoms with Crippen molar-refractivity contribution in [1.29, 1.82) is 0 Å². The second-order valence-corrected chi connectivity index (χ2v) is 5.83. The zero-order valence-electron chi connectivity index (χ0n) is 13.4. The van der Waals surface area contributed by atoms with Gasteiger partial charge in [-0.2, -0.15) is 0 Å². The molecule has 4 nitrogen and oxygen atoms in total. The van der Waals surface area contributed by atoms with Crippen LogP contribution in [0.4, 0.5) is 0 Å². The van der Waals surface area contributed by atoms with Gasteiger partial charge in [0.05, 0.1) is 6.61 Å². The molecule has 1 N–H and O–H groups in total. The van der Waals surface area contributed by atoms with Gasteiger partial charge in [-0.3, -0.25) is 4.79 Å². The summed E-state index contributed by atoms with van der Waals surface area (Å²) in [5.74, 6) is 0. The van der Waals surface area contributed by atoms with Gasteiger partial charge in [0.1, 0.15) is 0 Å². The third-order valence-corrected chi connectivity index (χ3v) is 4.21. The van der Waals surface area contributed by atoms with Crippen molar-refractivity contribution in [3.8, 4) is 0 Å². The molecule has 0 aliphatic heterocycles. The van der Waals surface area contributed by atoms with Gasteiger partial charge < -0.3 is 14.6 Å². The highest BCUT2D eigenvalue weighted by molar-refractivity contribution is 5.29. The molecule has 0 radical (unpaired) electrons. The van der Waals surface area contributed by atoms with E-state index in [4.69, 9.17) is 4.74 Å². The lowest BCUT2D eigenvalue weighted by molar-refractivity contribution is 0.199. The molecule has 1 heterocycles. The van der Waals surface area contributed by atoms with Gasteiger partial charge in [0, 0.05) is 38.0 Å². The lowest BCUT2D eigenvalue weighted by atomic mass is 9.94. The maximum atomic E-state index is 12.7. The first kappa shape index (κ1) is 16.2. The van der Waals surface area contributed by atoms with Gasteiger partial charge in [-0.1, -0.05) is 13.3 Å². The smallest absolute Gasteiger partial charge is 0.255 e. The number of fused-ring (bicyclic) bond motifs is 1. The molecule has 0 bridgehead atoms. The summed E-state index contributed by atoms with van der Waals surface area (Å²) < 4.78 is 7.08. The van der Waals surface area contributed by atoms with E-state index in [0.29, 0.717) is 13.2 Å². The zero-order chi connectivity index (χ0) is 15.1. The summed E-state index contributed by atoms with van der Waals surface area (Å²) in [5, 5.41) is 3.30. The summed E-state index contributed by atoms with van der Waals surface area (Å²) >= 11 is 0. The summed E-state index contributed by atoms with van der Waals surface area (Å²) in [4.78, 5) is 12.7. The van der Waals surface area contributed by atoms with Crippen molar-refractivity contribution in [2.75, 3.05) is 20.3 Å². The molecule has 2 rings (SSSR count). The molecule has 0 saturated carbocycles. The maximum Gasteiger partial charge on any atom is 0.255 e. The van der Waals surface area contributed by atoms with E-state index in [9.17, 15) is 4.79 Å². The molecular weight excluding hydrogens is 264 g/mol. The fraction of sp³-hybridized carbons (Fsp3) is 0.706. The Labute approximate surface area is 127 Å². The van der Waals surface area contributed by atoms with Gasteiger partial charge in [0.2, 0.25) is 0 Å². The molecule has 1 aliphatic rings. The van der Waals surface area contributed by atoms with Gasteiger partial charge in [-0.25, -0.2) is 0 Å². The van der Waals surface area contributed by atoms with Crippen LogP contribution in [0.2, 0.25) is 0 Å². The van der Waals surface area contributed by atoms with Crippen LogP contribution < -0.4 is 10.9 Å². The van der Waals surface area contributed by atoms with Crippen LogP contribution >= 0.6 is 0 Å². The molecule has 0 spiro atoms. The Balaban J connectivity index is 2.22. The average Bonchev–Trinajstić information content (AvgIpc) is 2.51. The van der Waals surface area contributed by atoms with E-state index in [1.165, 1.54) is 24.1 Å². The highest BCUT2D eigenvalue weighted by Crippen LogP contribution is 2.21. The molecule has 0 aromatic carbocycles. The van der Waals surface area contributed by atoms with E-state index < -0.39 is 0 Å². The predicted octanol–water partition coefficient (Wildman–Crippen LogP) is 2.26. The second-order valence-electron chi connectivity index (χ2n) is 5.83. The molecule has 0 atom stereocenters. The fourth-order valence-corrected chi connectivity index (χ4v) is 3.02. The summed E-state index contributed by atoms with van der Waals surface area (Å²) in [6.07, 6.45) is 6.84. The van der Waals surface area contributed by atoms with Crippen LogP contribution in [-0.2, 0) is 30.7 Å². The van der Waals surface area contributed by atoms with Crippen LogP contribution in [0.3, 0.4) is 0 Å². The molecular formula is C17H28N2O2. The fourth-order valence-electron chi connectivity index (χ4n) is 3.02. The number of unbranched alkanes of at least 4 members (excludes halogenated alkanes) is 1. The van der Waals surface area contributed by atoms with Crippen molar-refractivity contribution >= 4 is 0 Å². The van der Waals surface area contributed by atoms with Gasteiger partial charge in [-0.05, 0) is 43.7 Å². The molecule has 4 heteroatoms. The summed E-state index contributed by atoms with van der Waals surface area (Å²) in [5.41, 5.74) is 3.79. The van der Waals surface area contributed by atoms with Crippen molar-refractivity contribution in [3.05, 3.63) is 33.2 Å². The quantitative estimate of drug-likeness (QED) is 0.747. The number of aryl methyl sites for hydroxylation is 1. The van der Waals surface area contributed by atoms with E-state index in [1.807, 2.05) is 4.57 Å². The van der Waals surface area contributed by atoms with Crippen LogP contribution in [0.15, 0.2) is 10.9 Å². The van der Waals surface area contributed by atoms with Crippen molar-refractivity contribution in [1.82, 2.24) is 9.88 Å². The van der Waals surface area contributed by atoms with E-state index in [2.05, 4.69) is 18.3 Å². The molecule has 0 saturated heterocycles. The van der Waals surface area contributed by atoms with Crippen molar-refractivity contribution in [2.24, 2.45) is 0 Å². The van der Waals surface area contributed by atoms with Crippen LogP contribution in [0.25, 0.3) is 0 Å². The first-order valence-electron chi connectivity index (χ1n) is 8.22. The van der Waals surface area contributed by atoms with Gasteiger partial charge in [0.15, 0.2) is 0 Å². The number of methoxy groups -OCH3 is 1. The van der Waals surface area contributed by atoms with Crippen LogP contribution in [0.1, 0.15) is 49.4 Å². The predicted molar refractivity (Wildman–Crippen MR) is 85.8 cm³/mol. The first-order chi connectivity index (χ1) is 10.3. The molecule has 0 fully saturated rings. The van der Waals surface area contributed by atoms with Crippen molar-refractivity contribution in [3.63, 3.8) is 0 Å². The highest BCUT2D eigenvalue weighted by atomic mass is 16.5. The Morgan fingerprint density at radius 1 is 1.33 bits per heavy atom. The summed E-state index contributed by atoms with van der Waals surface area (Å²) in [7, 11) is 1.69. The van der Waals surface area contributed by atoms with Crippen molar-refractivity contribution < 1.29 is 4.74 Å². The number of nitrogens with zero attached hydrogens (tertiary/aromatic N) is 1. The Morgan fingerprint density at radius 3 is 2.90 bits per heavy atom. The molecule has 0 amide bonds. The third kappa shape index (κ3) is 4.17. The number of nitrogens with one attached hydrogen (secondary N) is 1. The van der Waals surface area contributed by atoms with E-state index in [1.54, 1.807) is 7.11 Å². The van der Waals surface area contributed by atoms with Crippen LogP contribution in [0, 0.1) is 0 Å². The van der Waals surface area contributed by atoms with E-state index >= 15 is 0 Å². The van der Waals surface area contributed by atoms with Gasteiger partial charge >= 0.3 is 0 Å². The molecule has 118 valence electrons. The summed E-state index contributed by atoms with van der Waals surface area (Å²) in [6, 6.07) is 2.14. The third-order valence-electron chi connectivity index (χ3n) is 4.21. The van der Waals surface area contributed by atoms with Gasteiger partial charge in [0.25, 0.3) is 5.56 Å². The summed E-state index contributed by atoms with van der Waals surface area (Å²) in [6.45, 7) is 5.13. The van der Waals surface area contributed by atoms with Crippen molar-refractivity contribution in [2.45, 2.75) is 58.5 Å². The Bertz CT molecular complexity index is 508. The van der Waals surface area contributed by atoms with Crippen LogP contribution in [0.5, 0.6) is 0 Å². The topological polar surface area (TPSA) is 43.3 Å². The number of hydrogen-bond donors (Lipinski definition) is 1. The van der Waals surface area contributed by atoms with Crippen LogP contribution in [-0.4, -0.2) is 24.8 Å². The molecule has 1 aromatic heterocycles. The average molecular weight is 292 g/mol. The Kier molecular flexibility index (Phi) is 6.46. The number of ether oxygens (including phenoxy) is 1. The lowest BCUT2D eigenvalue weighted by Gasteiger charge is -2.22. The zero-order valence-corrected chi connectivity index (χ0v) is 13.4. The lowest BCUT2D eigenvalue weighted by Crippen LogP contribution is -2.32. The number of aromatic nitrogens is 1. The monoisotopic (exact) mass is 292 g/mol. The standard InChI is InChI=1S/C17H28N2O2/c1-3-4-10-19-16-8-6-5-7-14(16)12-15(17(19)20)13-18-9-11-21-2/h12,18H,3-11,13H2,1-2H3. The largest absolute Gasteiger partial charge is 0.383 e. The normalized spacial score (nSPS) is 14.2. The minimum absolute atomic E-state index is 0.203. The Morgan fingerprint density at radius 2 is 2.14 bits per heavy atom. The highest BCUT2D eigenvalue weighted by Gasteiger charge is 2.17. The van der Waals surface area contributed by atoms with E-state index in [0.717, 1.165) is 44.3 Å².